The summed E-state index contributed by atoms with van der Waals surface area (Å²) in [5.74, 6) is -1.66. The Bertz CT molecular complexity index is 1880. The highest BCUT2D eigenvalue weighted by atomic mass is 31.2. The van der Waals surface area contributed by atoms with Crippen LogP contribution in [0.4, 0.5) is 0 Å². The first-order valence-corrected chi connectivity index (χ1v) is 29.9. The number of hydrogen-bond acceptors (Lipinski definition) is 10. The van der Waals surface area contributed by atoms with E-state index >= 15 is 0 Å². The average molecular weight is 1080 g/mol. The number of ether oxygens (including phenoxy) is 3. The molecular formula is C64H99O11P. The monoisotopic (exact) mass is 1070 g/mol. The molecule has 0 amide bonds. The van der Waals surface area contributed by atoms with Crippen molar-refractivity contribution in [1.29, 1.82) is 0 Å². The second kappa shape index (κ2) is 56.3. The summed E-state index contributed by atoms with van der Waals surface area (Å²) >= 11 is 0. The molecule has 0 aromatic rings. The molecule has 0 fully saturated rings. The smallest absolute Gasteiger partial charge is 0.462 e. The molecule has 0 aromatic heterocycles. The van der Waals surface area contributed by atoms with Crippen molar-refractivity contribution in [3.8, 4) is 0 Å². The SMILES string of the molecule is CC/C=C\C/C=C\C/C=C\C/C=C\C/C=C\C/C=C\CCC(=O)OC(COC(=O)CCCC/C=C\C/C=C\C/C=C\C/C=C\CC)COP(=O)(O)OCC(CO)OC(=O)CCCCCCC/C=C\C/C=C\C/C=C\CC. The first-order valence-electron chi connectivity index (χ1n) is 28.4. The molecule has 76 heavy (non-hydrogen) atoms. The molecule has 12 heteroatoms. The number of phosphoric acid groups is 1. The number of hydrogen-bond donors (Lipinski definition) is 2. The third kappa shape index (κ3) is 53.9. The third-order valence-corrected chi connectivity index (χ3v) is 11.9. The van der Waals surface area contributed by atoms with Gasteiger partial charge < -0.3 is 24.2 Å². The lowest BCUT2D eigenvalue weighted by atomic mass is 10.1. The van der Waals surface area contributed by atoms with Crippen LogP contribution in [0.25, 0.3) is 0 Å². The van der Waals surface area contributed by atoms with Crippen LogP contribution >= 0.6 is 7.82 Å². The average Bonchev–Trinajstić information content (AvgIpc) is 3.41. The molecule has 426 valence electrons. The van der Waals surface area contributed by atoms with Crippen LogP contribution in [0.2, 0.25) is 0 Å². The fourth-order valence-corrected chi connectivity index (χ4v) is 7.52. The predicted octanol–water partition coefficient (Wildman–Crippen LogP) is 16.9. The lowest BCUT2D eigenvalue weighted by Crippen LogP contribution is -2.30. The third-order valence-electron chi connectivity index (χ3n) is 10.9. The number of carbonyl (C=O) groups is 3. The largest absolute Gasteiger partial charge is 0.472 e. The van der Waals surface area contributed by atoms with Crippen molar-refractivity contribution in [3.05, 3.63) is 158 Å². The minimum atomic E-state index is -4.79. The normalized spacial score (nSPS) is 14.5. The van der Waals surface area contributed by atoms with E-state index in [1.807, 2.05) is 12.2 Å². The Labute approximate surface area is 460 Å². The second-order valence-corrected chi connectivity index (χ2v) is 19.4. The van der Waals surface area contributed by atoms with E-state index < -0.39 is 64.4 Å². The molecule has 0 aliphatic rings. The Balaban J connectivity index is 4.94. The van der Waals surface area contributed by atoms with Crippen LogP contribution in [-0.2, 0) is 42.2 Å². The summed E-state index contributed by atoms with van der Waals surface area (Å²) in [6.07, 6.45) is 73.7. The van der Waals surface area contributed by atoms with E-state index in [0.29, 0.717) is 25.7 Å². The molecular weight excluding hydrogens is 976 g/mol. The number of aliphatic hydroxyl groups is 1. The maximum absolute atomic E-state index is 12.9. The molecule has 0 aromatic carbocycles. The first kappa shape index (κ1) is 71.1. The molecule has 0 bridgehead atoms. The highest BCUT2D eigenvalue weighted by molar-refractivity contribution is 7.47. The van der Waals surface area contributed by atoms with E-state index in [1.165, 1.54) is 0 Å². The van der Waals surface area contributed by atoms with E-state index in [2.05, 4.69) is 167 Å². The number of aliphatic hydroxyl groups excluding tert-OH is 1. The molecule has 3 unspecified atom stereocenters. The number of phosphoric ester groups is 1. The van der Waals surface area contributed by atoms with Gasteiger partial charge in [-0.1, -0.05) is 198 Å². The molecule has 0 rings (SSSR count). The van der Waals surface area contributed by atoms with Crippen molar-refractivity contribution >= 4 is 25.7 Å². The van der Waals surface area contributed by atoms with Crippen molar-refractivity contribution in [2.24, 2.45) is 0 Å². The highest BCUT2D eigenvalue weighted by Crippen LogP contribution is 2.43. The summed E-state index contributed by atoms with van der Waals surface area (Å²) < 4.78 is 39.4. The standard InChI is InChI=1S/C64H99O11P/c1-4-7-10-13-16-19-22-25-28-29-30-31-34-37-40-43-46-49-52-55-64(68)75-61(57-71-62(66)53-50-47-44-41-38-35-32-26-23-20-17-14-11-8-5-2)59-73-76(69,70)72-58-60(56-65)74-63(67)54-51-48-45-42-39-36-33-27-24-21-18-15-12-9-6-3/h7-12,16-21,25-28,30-33,37-38,40-41,46,49,60-61,65H,4-6,13-15,22-24,29,34-36,39,42-45,47-48,50-59H2,1-3H3,(H,69,70)/b10-7-,11-8-,12-9-,19-16-,20-17-,21-18-,28-25-,31-30-,32-26-,33-27-,40-37-,41-38-,49-46-. The van der Waals surface area contributed by atoms with Gasteiger partial charge in [0, 0.05) is 19.3 Å². The number of rotatable bonds is 50. The van der Waals surface area contributed by atoms with Crippen LogP contribution in [0, 0.1) is 0 Å². The van der Waals surface area contributed by atoms with Gasteiger partial charge in [0.2, 0.25) is 0 Å². The highest BCUT2D eigenvalue weighted by Gasteiger charge is 2.28. The quantitative estimate of drug-likeness (QED) is 0.0197. The molecule has 0 saturated heterocycles. The number of esters is 3. The Kier molecular flexibility index (Phi) is 52.7. The Morgan fingerprint density at radius 3 is 1.09 bits per heavy atom. The zero-order valence-electron chi connectivity index (χ0n) is 46.9. The molecule has 0 aliphatic carbocycles. The number of allylic oxidation sites excluding steroid dienone is 26. The van der Waals surface area contributed by atoms with Crippen molar-refractivity contribution in [3.63, 3.8) is 0 Å². The first-order chi connectivity index (χ1) is 37.2. The molecule has 0 saturated carbocycles. The summed E-state index contributed by atoms with van der Waals surface area (Å²) in [5, 5.41) is 9.81. The zero-order chi connectivity index (χ0) is 55.5. The van der Waals surface area contributed by atoms with E-state index in [4.69, 9.17) is 23.3 Å². The summed E-state index contributed by atoms with van der Waals surface area (Å²) in [4.78, 5) is 48.5. The van der Waals surface area contributed by atoms with Crippen LogP contribution in [0.3, 0.4) is 0 Å². The molecule has 0 aliphatic heterocycles. The Hall–Kier alpha value is -4.90. The Morgan fingerprint density at radius 2 is 0.671 bits per heavy atom. The summed E-state index contributed by atoms with van der Waals surface area (Å²) in [6, 6.07) is 0. The lowest BCUT2D eigenvalue weighted by Gasteiger charge is -2.21. The predicted molar refractivity (Wildman–Crippen MR) is 315 cm³/mol. The Morgan fingerprint density at radius 1 is 0.368 bits per heavy atom. The second-order valence-electron chi connectivity index (χ2n) is 18.0. The summed E-state index contributed by atoms with van der Waals surface area (Å²) in [5.41, 5.74) is 0. The van der Waals surface area contributed by atoms with Crippen LogP contribution in [0.15, 0.2) is 158 Å². The molecule has 3 atom stereocenters. The van der Waals surface area contributed by atoms with Crippen LogP contribution in [0.5, 0.6) is 0 Å². The maximum Gasteiger partial charge on any atom is 0.472 e. The number of carbonyl (C=O) groups excluding carboxylic acids is 3. The lowest BCUT2D eigenvalue weighted by molar-refractivity contribution is -0.161. The van der Waals surface area contributed by atoms with Crippen molar-refractivity contribution in [1.82, 2.24) is 0 Å². The van der Waals surface area contributed by atoms with Crippen LogP contribution in [-0.4, -0.2) is 66.5 Å². The van der Waals surface area contributed by atoms with Gasteiger partial charge in [0.05, 0.1) is 19.8 Å². The van der Waals surface area contributed by atoms with E-state index in [9.17, 15) is 28.9 Å². The minimum Gasteiger partial charge on any atom is -0.462 e. The van der Waals surface area contributed by atoms with Crippen molar-refractivity contribution < 1.29 is 52.2 Å². The molecule has 0 radical (unpaired) electrons. The van der Waals surface area contributed by atoms with E-state index in [0.717, 1.165) is 122 Å². The van der Waals surface area contributed by atoms with E-state index in [-0.39, 0.29) is 19.3 Å². The number of unbranched alkanes of at least 4 members (excludes halogenated alkanes) is 7. The minimum absolute atomic E-state index is 0.0223. The fraction of sp³-hybridized carbons (Fsp3) is 0.547. The molecule has 2 N–H and O–H groups in total. The van der Waals surface area contributed by atoms with Gasteiger partial charge in [0.25, 0.3) is 0 Å². The van der Waals surface area contributed by atoms with Gasteiger partial charge in [-0.2, -0.15) is 0 Å². The van der Waals surface area contributed by atoms with Gasteiger partial charge in [0.15, 0.2) is 6.10 Å². The van der Waals surface area contributed by atoms with Gasteiger partial charge in [0.1, 0.15) is 12.7 Å². The van der Waals surface area contributed by atoms with Gasteiger partial charge in [-0.3, -0.25) is 23.4 Å². The summed E-state index contributed by atoms with van der Waals surface area (Å²) in [6.45, 7) is 4.12. The maximum atomic E-state index is 12.9. The zero-order valence-corrected chi connectivity index (χ0v) is 47.8. The molecule has 11 nitrogen and oxygen atoms in total. The molecule has 0 spiro atoms. The van der Waals surface area contributed by atoms with Gasteiger partial charge in [-0.25, -0.2) is 4.57 Å². The fourth-order valence-electron chi connectivity index (χ4n) is 6.74. The van der Waals surface area contributed by atoms with Gasteiger partial charge in [-0.15, -0.1) is 0 Å². The van der Waals surface area contributed by atoms with Crippen LogP contribution in [0.1, 0.15) is 188 Å². The molecule has 0 heterocycles. The van der Waals surface area contributed by atoms with Gasteiger partial charge >= 0.3 is 25.7 Å². The topological polar surface area (TPSA) is 155 Å². The van der Waals surface area contributed by atoms with Crippen molar-refractivity contribution in [2.45, 2.75) is 200 Å². The van der Waals surface area contributed by atoms with Crippen LogP contribution < -0.4 is 0 Å². The van der Waals surface area contributed by atoms with E-state index in [1.54, 1.807) is 0 Å². The van der Waals surface area contributed by atoms with Gasteiger partial charge in [-0.05, 0) is 128 Å². The van der Waals surface area contributed by atoms with Crippen molar-refractivity contribution in [2.75, 3.05) is 26.4 Å². The summed E-state index contributed by atoms with van der Waals surface area (Å²) in [7, 11) is -4.79.